The maximum absolute atomic E-state index is 12.7. The summed E-state index contributed by atoms with van der Waals surface area (Å²) in [6.45, 7) is 7.07. The van der Waals surface area contributed by atoms with Gasteiger partial charge in [-0.1, -0.05) is 18.2 Å². The number of hydrogen-bond donors (Lipinski definition) is 1. The normalized spacial score (nSPS) is 22.0. The van der Waals surface area contributed by atoms with Gasteiger partial charge >= 0.3 is 0 Å². The molecule has 8 nitrogen and oxygen atoms in total. The highest BCUT2D eigenvalue weighted by Crippen LogP contribution is 2.17. The van der Waals surface area contributed by atoms with Crippen LogP contribution in [0.4, 0.5) is 0 Å². The van der Waals surface area contributed by atoms with Crippen LogP contribution < -0.4 is 4.72 Å². The summed E-state index contributed by atoms with van der Waals surface area (Å²) in [5.41, 5.74) is 0. The van der Waals surface area contributed by atoms with Crippen LogP contribution in [-0.2, 0) is 19.6 Å². The highest BCUT2D eigenvalue weighted by molar-refractivity contribution is 7.89. The molecule has 3 rings (SSSR count). The first-order valence-electron chi connectivity index (χ1n) is 10.7. The molecule has 1 unspecified atom stereocenters. The molecule has 2 atom stereocenters. The predicted molar refractivity (Wildman–Crippen MR) is 114 cm³/mol. The van der Waals surface area contributed by atoms with Crippen LogP contribution in [0.3, 0.4) is 0 Å². The minimum atomic E-state index is -3.75. The zero-order valence-electron chi connectivity index (χ0n) is 17.8. The van der Waals surface area contributed by atoms with Gasteiger partial charge in [-0.2, -0.15) is 4.72 Å². The Bertz CT molecular complexity index is 838. The Morgan fingerprint density at radius 3 is 2.37 bits per heavy atom. The van der Waals surface area contributed by atoms with Crippen molar-refractivity contribution in [1.82, 2.24) is 19.4 Å². The van der Waals surface area contributed by atoms with Crippen LogP contribution in [0.5, 0.6) is 0 Å². The molecular formula is C21H32N4O4S. The van der Waals surface area contributed by atoms with Gasteiger partial charge < -0.3 is 9.80 Å². The Kier molecular flexibility index (Phi) is 7.49. The van der Waals surface area contributed by atoms with Crippen molar-refractivity contribution in [3.05, 3.63) is 30.3 Å². The summed E-state index contributed by atoms with van der Waals surface area (Å²) in [7, 11) is -3.75. The van der Waals surface area contributed by atoms with Gasteiger partial charge in [-0.25, -0.2) is 8.42 Å². The molecule has 2 aliphatic heterocycles. The van der Waals surface area contributed by atoms with Crippen LogP contribution in [0.1, 0.15) is 33.1 Å². The Balaban J connectivity index is 1.48. The van der Waals surface area contributed by atoms with Crippen molar-refractivity contribution >= 4 is 21.8 Å². The average Bonchev–Trinajstić information content (AvgIpc) is 2.74. The zero-order chi connectivity index (χ0) is 21.7. The fraction of sp³-hybridized carbons (Fsp3) is 0.619. The summed E-state index contributed by atoms with van der Waals surface area (Å²) in [6.07, 6.45) is 3.30. The number of nitrogens with zero attached hydrogens (tertiary/aromatic N) is 3. The summed E-state index contributed by atoms with van der Waals surface area (Å²) in [5, 5.41) is 0. The van der Waals surface area contributed by atoms with Crippen molar-refractivity contribution in [2.45, 2.75) is 50.1 Å². The Morgan fingerprint density at radius 2 is 1.73 bits per heavy atom. The third-order valence-electron chi connectivity index (χ3n) is 5.92. The van der Waals surface area contributed by atoms with E-state index in [2.05, 4.69) is 16.5 Å². The van der Waals surface area contributed by atoms with E-state index in [4.69, 9.17) is 0 Å². The summed E-state index contributed by atoms with van der Waals surface area (Å²) >= 11 is 0. The van der Waals surface area contributed by atoms with E-state index in [1.54, 1.807) is 30.0 Å². The van der Waals surface area contributed by atoms with Crippen LogP contribution >= 0.6 is 0 Å². The van der Waals surface area contributed by atoms with E-state index < -0.39 is 16.1 Å². The predicted octanol–water partition coefficient (Wildman–Crippen LogP) is 0.899. The number of likely N-dealkylation sites (tertiary alicyclic amines) is 1. The van der Waals surface area contributed by atoms with Gasteiger partial charge in [0.15, 0.2) is 0 Å². The van der Waals surface area contributed by atoms with E-state index in [0.29, 0.717) is 38.8 Å². The van der Waals surface area contributed by atoms with Crippen LogP contribution in [-0.4, -0.2) is 86.3 Å². The summed E-state index contributed by atoms with van der Waals surface area (Å²) in [4.78, 5) is 31.2. The molecular weight excluding hydrogens is 404 g/mol. The van der Waals surface area contributed by atoms with Gasteiger partial charge in [0.2, 0.25) is 21.8 Å². The van der Waals surface area contributed by atoms with Crippen molar-refractivity contribution in [2.24, 2.45) is 0 Å². The van der Waals surface area contributed by atoms with E-state index in [0.717, 1.165) is 19.4 Å². The lowest BCUT2D eigenvalue weighted by molar-refractivity contribution is -0.137. The quantitative estimate of drug-likeness (QED) is 0.716. The molecule has 0 aromatic heterocycles. The minimum Gasteiger partial charge on any atom is -0.339 e. The number of sulfonamides is 1. The number of piperidine rings is 1. The molecule has 2 fully saturated rings. The number of piperazine rings is 1. The molecule has 0 radical (unpaired) electrons. The first-order chi connectivity index (χ1) is 14.3. The van der Waals surface area contributed by atoms with Gasteiger partial charge in [-0.15, -0.1) is 0 Å². The molecule has 1 N–H and O–H groups in total. The van der Waals surface area contributed by atoms with E-state index in [-0.39, 0.29) is 16.7 Å². The van der Waals surface area contributed by atoms with E-state index >= 15 is 0 Å². The second kappa shape index (κ2) is 9.89. The topological polar surface area (TPSA) is 90.0 Å². The number of nitrogens with one attached hydrogen (secondary N) is 1. The van der Waals surface area contributed by atoms with E-state index in [1.165, 1.54) is 18.6 Å². The van der Waals surface area contributed by atoms with Crippen molar-refractivity contribution in [2.75, 3.05) is 39.3 Å². The van der Waals surface area contributed by atoms with Crippen LogP contribution in [0.25, 0.3) is 0 Å². The zero-order valence-corrected chi connectivity index (χ0v) is 18.6. The lowest BCUT2D eigenvalue weighted by atomic mass is 10.0. The maximum Gasteiger partial charge on any atom is 0.241 e. The number of benzene rings is 1. The van der Waals surface area contributed by atoms with Crippen molar-refractivity contribution in [1.29, 1.82) is 0 Å². The molecule has 2 amide bonds. The molecule has 30 heavy (non-hydrogen) atoms. The first kappa shape index (κ1) is 22.7. The second-order valence-electron chi connectivity index (χ2n) is 8.19. The fourth-order valence-electron chi connectivity index (χ4n) is 4.10. The monoisotopic (exact) mass is 436 g/mol. The highest BCUT2D eigenvalue weighted by atomic mass is 32.2. The average molecular weight is 437 g/mol. The molecule has 2 aliphatic rings. The second-order valence-corrected chi connectivity index (χ2v) is 9.90. The molecule has 0 bridgehead atoms. The Labute approximate surface area is 179 Å². The van der Waals surface area contributed by atoms with Gasteiger partial charge in [0, 0.05) is 38.8 Å². The lowest BCUT2D eigenvalue weighted by Gasteiger charge is -2.38. The van der Waals surface area contributed by atoms with Crippen LogP contribution in [0.2, 0.25) is 0 Å². The van der Waals surface area contributed by atoms with Gasteiger partial charge in [-0.3, -0.25) is 14.5 Å². The molecule has 2 heterocycles. The van der Waals surface area contributed by atoms with Crippen molar-refractivity contribution in [3.63, 3.8) is 0 Å². The van der Waals surface area contributed by atoms with Gasteiger partial charge in [0.25, 0.3) is 0 Å². The summed E-state index contributed by atoms with van der Waals surface area (Å²) < 4.78 is 27.4. The number of amides is 2. The minimum absolute atomic E-state index is 0.139. The number of carbonyl (C=O) groups excluding carboxylic acids is 2. The van der Waals surface area contributed by atoms with Crippen molar-refractivity contribution < 1.29 is 18.0 Å². The molecule has 1 aromatic rings. The smallest absolute Gasteiger partial charge is 0.241 e. The third kappa shape index (κ3) is 5.59. The SMILES string of the molecule is CC1CCCCN1C(=O)CN1CCN(C(=O)[C@H](C)NS(=O)(=O)c2ccccc2)CC1. The van der Waals surface area contributed by atoms with E-state index in [9.17, 15) is 18.0 Å². The molecule has 2 saturated heterocycles. The summed E-state index contributed by atoms with van der Waals surface area (Å²) in [6, 6.07) is 7.48. The number of hydrogen-bond acceptors (Lipinski definition) is 5. The van der Waals surface area contributed by atoms with Crippen LogP contribution in [0.15, 0.2) is 35.2 Å². The number of carbonyl (C=O) groups is 2. The third-order valence-corrected chi connectivity index (χ3v) is 7.48. The number of rotatable bonds is 6. The molecule has 0 aliphatic carbocycles. The van der Waals surface area contributed by atoms with Gasteiger partial charge in [0.05, 0.1) is 17.5 Å². The fourth-order valence-corrected chi connectivity index (χ4v) is 5.32. The largest absolute Gasteiger partial charge is 0.339 e. The first-order valence-corrected chi connectivity index (χ1v) is 12.1. The summed E-state index contributed by atoms with van der Waals surface area (Å²) in [5.74, 6) is -0.0869. The van der Waals surface area contributed by atoms with Gasteiger partial charge in [0.1, 0.15) is 0 Å². The Hall–Kier alpha value is -1.97. The molecule has 1 aromatic carbocycles. The Morgan fingerprint density at radius 1 is 1.07 bits per heavy atom. The van der Waals surface area contributed by atoms with E-state index in [1.807, 2.05) is 4.90 Å². The molecule has 0 spiro atoms. The standard InChI is InChI=1S/C21H32N4O4S/c1-17-8-6-7-11-25(17)20(26)16-23-12-14-24(15-13-23)21(27)18(2)22-30(28,29)19-9-4-3-5-10-19/h3-5,9-10,17-18,22H,6-8,11-16H2,1-2H3/t17?,18-/m0/s1. The molecule has 166 valence electrons. The van der Waals surface area contributed by atoms with Crippen molar-refractivity contribution in [3.8, 4) is 0 Å². The van der Waals surface area contributed by atoms with Gasteiger partial charge in [-0.05, 0) is 45.2 Å². The van der Waals surface area contributed by atoms with Crippen LogP contribution in [0, 0.1) is 0 Å². The molecule has 9 heteroatoms. The maximum atomic E-state index is 12.7. The lowest BCUT2D eigenvalue weighted by Crippen LogP contribution is -2.56. The highest BCUT2D eigenvalue weighted by Gasteiger charge is 2.30. The molecule has 0 saturated carbocycles.